The maximum absolute atomic E-state index is 11.4. The van der Waals surface area contributed by atoms with Gasteiger partial charge in [-0.25, -0.2) is 0 Å². The van der Waals surface area contributed by atoms with Crippen molar-refractivity contribution in [2.45, 2.75) is 19.3 Å². The number of carbonyl (C=O) groups is 1. The highest BCUT2D eigenvalue weighted by atomic mass is 16.6. The van der Waals surface area contributed by atoms with Crippen molar-refractivity contribution in [2.75, 3.05) is 13.7 Å². The Hall–Kier alpha value is -1.59. The van der Waals surface area contributed by atoms with Crippen LogP contribution in [0.5, 0.6) is 0 Å². The normalized spacial score (nSPS) is 34.6. The zero-order chi connectivity index (χ0) is 11.8. The summed E-state index contributed by atoms with van der Waals surface area (Å²) in [7, 11) is 1.35. The van der Waals surface area contributed by atoms with Crippen molar-refractivity contribution in [1.29, 1.82) is 0 Å². The molecule has 2 atom stereocenters. The lowest BCUT2D eigenvalue weighted by molar-refractivity contribution is -0.404. The average Bonchev–Trinajstić information content (AvgIpc) is 2.96. The third-order valence-corrected chi connectivity index (χ3v) is 3.45. The molecule has 1 aliphatic heterocycles. The second-order valence-electron chi connectivity index (χ2n) is 4.29. The number of methoxy groups -OCH3 is 1. The van der Waals surface area contributed by atoms with Crippen LogP contribution in [-0.2, 0) is 9.53 Å². The van der Waals surface area contributed by atoms with Gasteiger partial charge in [0, 0.05) is 12.0 Å². The Morgan fingerprint density at radius 3 is 3.12 bits per heavy atom. The molecule has 0 radical (unpaired) electrons. The van der Waals surface area contributed by atoms with Gasteiger partial charge in [0.15, 0.2) is 0 Å². The molecule has 2 fully saturated rings. The lowest BCUT2D eigenvalue weighted by Crippen LogP contribution is -2.32. The summed E-state index contributed by atoms with van der Waals surface area (Å²) < 4.78 is 4.69. The molecule has 1 heterocycles. The fourth-order valence-corrected chi connectivity index (χ4v) is 2.55. The zero-order valence-corrected chi connectivity index (χ0v) is 9.06. The maximum atomic E-state index is 11.4. The Morgan fingerprint density at radius 1 is 1.75 bits per heavy atom. The molecular weight excluding hydrogens is 212 g/mol. The van der Waals surface area contributed by atoms with E-state index in [9.17, 15) is 14.9 Å². The van der Waals surface area contributed by atoms with Gasteiger partial charge in [-0.1, -0.05) is 0 Å². The molecule has 6 heteroatoms. The molecule has 1 aliphatic carbocycles. The summed E-state index contributed by atoms with van der Waals surface area (Å²) in [5.41, 5.74) is 0.234. The molecule has 1 saturated heterocycles. The Bertz CT molecular complexity index is 366. The van der Waals surface area contributed by atoms with Gasteiger partial charge in [0.25, 0.3) is 6.20 Å². The van der Waals surface area contributed by atoms with Crippen molar-refractivity contribution in [3.63, 3.8) is 0 Å². The van der Waals surface area contributed by atoms with E-state index in [1.807, 2.05) is 0 Å². The smallest absolute Gasteiger partial charge is 0.309 e. The predicted molar refractivity (Wildman–Crippen MR) is 54.9 cm³/mol. The van der Waals surface area contributed by atoms with Crippen molar-refractivity contribution in [2.24, 2.45) is 11.3 Å². The minimum atomic E-state index is -0.470. The van der Waals surface area contributed by atoms with E-state index in [0.29, 0.717) is 12.1 Å². The lowest BCUT2D eigenvalue weighted by atomic mass is 9.90. The molecule has 2 rings (SSSR count). The molecule has 88 valence electrons. The maximum Gasteiger partial charge on any atom is 0.309 e. The molecule has 0 aromatic heterocycles. The summed E-state index contributed by atoms with van der Waals surface area (Å²) in [6.07, 6.45) is 3.40. The van der Waals surface area contributed by atoms with E-state index < -0.39 is 4.92 Å². The van der Waals surface area contributed by atoms with Crippen molar-refractivity contribution in [3.8, 4) is 0 Å². The van der Waals surface area contributed by atoms with Gasteiger partial charge in [0.05, 0.1) is 23.6 Å². The SMILES string of the molecule is COC(=O)[C@H]1C[C@]12CCCN/C2=C\[N+](=O)[O-]. The quantitative estimate of drug-likeness (QED) is 0.425. The molecule has 0 aromatic carbocycles. The van der Waals surface area contributed by atoms with Gasteiger partial charge in [-0.05, 0) is 19.3 Å². The highest BCUT2D eigenvalue weighted by Crippen LogP contribution is 2.61. The second-order valence-corrected chi connectivity index (χ2v) is 4.29. The van der Waals surface area contributed by atoms with Crippen LogP contribution in [0.1, 0.15) is 19.3 Å². The summed E-state index contributed by atoms with van der Waals surface area (Å²) in [5, 5.41) is 13.5. The van der Waals surface area contributed by atoms with Crippen molar-refractivity contribution in [1.82, 2.24) is 5.32 Å². The molecule has 0 aromatic rings. The predicted octanol–water partition coefficient (Wildman–Crippen LogP) is 0.667. The number of nitrogens with one attached hydrogen (secondary N) is 1. The highest BCUT2D eigenvalue weighted by molar-refractivity contribution is 5.78. The molecule has 16 heavy (non-hydrogen) atoms. The number of hydrogen-bond acceptors (Lipinski definition) is 5. The van der Waals surface area contributed by atoms with Gasteiger partial charge < -0.3 is 10.1 Å². The standard InChI is InChI=1S/C10H14N2O4/c1-16-9(13)7-5-10(7)3-2-4-11-8(10)6-12(14)15/h6-7,11H,2-5H2,1H3/b8-6-/t7-,10-/m1/s1. The first-order valence-electron chi connectivity index (χ1n) is 5.27. The summed E-state index contributed by atoms with van der Waals surface area (Å²) in [6.45, 7) is 0.731. The van der Waals surface area contributed by atoms with Crippen LogP contribution in [0, 0.1) is 21.4 Å². The second kappa shape index (κ2) is 3.77. The van der Waals surface area contributed by atoms with Gasteiger partial charge in [0.2, 0.25) is 0 Å². The fraction of sp³-hybridized carbons (Fsp3) is 0.700. The number of esters is 1. The molecule has 1 N–H and O–H groups in total. The van der Waals surface area contributed by atoms with Gasteiger partial charge in [-0.3, -0.25) is 14.9 Å². The first-order chi connectivity index (χ1) is 7.60. The molecule has 0 unspecified atom stereocenters. The van der Waals surface area contributed by atoms with Crippen LogP contribution in [0.25, 0.3) is 0 Å². The number of allylic oxidation sites excluding steroid dienone is 1. The van der Waals surface area contributed by atoms with Crippen LogP contribution < -0.4 is 5.32 Å². The van der Waals surface area contributed by atoms with Crippen LogP contribution in [0.4, 0.5) is 0 Å². The number of carbonyl (C=O) groups excluding carboxylic acids is 1. The topological polar surface area (TPSA) is 81.5 Å². The molecule has 6 nitrogen and oxygen atoms in total. The Labute approximate surface area is 92.8 Å². The van der Waals surface area contributed by atoms with Crippen LogP contribution in [-0.4, -0.2) is 24.5 Å². The van der Waals surface area contributed by atoms with E-state index in [2.05, 4.69) is 5.32 Å². The minimum absolute atomic E-state index is 0.212. The van der Waals surface area contributed by atoms with E-state index in [1.54, 1.807) is 0 Å². The first kappa shape index (κ1) is 10.9. The van der Waals surface area contributed by atoms with E-state index in [-0.39, 0.29) is 17.3 Å². The molecule has 0 bridgehead atoms. The fourth-order valence-electron chi connectivity index (χ4n) is 2.55. The summed E-state index contributed by atoms with van der Waals surface area (Å²) in [4.78, 5) is 21.5. The number of ether oxygens (including phenoxy) is 1. The van der Waals surface area contributed by atoms with Gasteiger partial charge in [-0.2, -0.15) is 0 Å². The van der Waals surface area contributed by atoms with Crippen LogP contribution in [0.15, 0.2) is 11.9 Å². The summed E-state index contributed by atoms with van der Waals surface area (Å²) in [6, 6.07) is 0. The molecule has 0 amide bonds. The third kappa shape index (κ3) is 1.64. The van der Waals surface area contributed by atoms with E-state index in [1.165, 1.54) is 7.11 Å². The number of rotatable bonds is 2. The van der Waals surface area contributed by atoms with E-state index >= 15 is 0 Å². The van der Waals surface area contributed by atoms with E-state index in [0.717, 1.165) is 25.6 Å². The Balaban J connectivity index is 2.19. The lowest BCUT2D eigenvalue weighted by Gasteiger charge is -2.25. The van der Waals surface area contributed by atoms with Crippen LogP contribution >= 0.6 is 0 Å². The van der Waals surface area contributed by atoms with Crippen LogP contribution in [0.3, 0.4) is 0 Å². The van der Waals surface area contributed by atoms with E-state index in [4.69, 9.17) is 4.74 Å². The summed E-state index contributed by atoms with van der Waals surface area (Å²) >= 11 is 0. The zero-order valence-electron chi connectivity index (χ0n) is 9.06. The molecule has 1 saturated carbocycles. The van der Waals surface area contributed by atoms with Crippen molar-refractivity contribution < 1.29 is 14.5 Å². The van der Waals surface area contributed by atoms with Gasteiger partial charge >= 0.3 is 5.97 Å². The number of nitro groups is 1. The first-order valence-corrected chi connectivity index (χ1v) is 5.27. The largest absolute Gasteiger partial charge is 0.469 e. The highest BCUT2D eigenvalue weighted by Gasteiger charge is 2.62. The Kier molecular flexibility index (Phi) is 2.57. The van der Waals surface area contributed by atoms with Crippen LogP contribution in [0.2, 0.25) is 0 Å². The molecule has 2 aliphatic rings. The monoisotopic (exact) mass is 226 g/mol. The molecule has 1 spiro atoms. The minimum Gasteiger partial charge on any atom is -0.469 e. The number of nitrogens with zero attached hydrogens (tertiary/aromatic N) is 1. The molecular formula is C10H14N2O4. The summed E-state index contributed by atoms with van der Waals surface area (Å²) in [5.74, 6) is -0.477. The Morgan fingerprint density at radius 2 is 2.50 bits per heavy atom. The van der Waals surface area contributed by atoms with Gasteiger partial charge in [-0.15, -0.1) is 0 Å². The van der Waals surface area contributed by atoms with Crippen molar-refractivity contribution >= 4 is 5.97 Å². The average molecular weight is 226 g/mol. The van der Waals surface area contributed by atoms with Gasteiger partial charge in [0.1, 0.15) is 0 Å². The third-order valence-electron chi connectivity index (χ3n) is 3.45. The number of hydrogen-bond donors (Lipinski definition) is 1. The number of piperidine rings is 1. The van der Waals surface area contributed by atoms with Crippen molar-refractivity contribution in [3.05, 3.63) is 22.0 Å².